The van der Waals surface area contributed by atoms with Gasteiger partial charge >= 0.3 is 6.03 Å². The summed E-state index contributed by atoms with van der Waals surface area (Å²) in [6.07, 6.45) is 2.33. The lowest BCUT2D eigenvalue weighted by molar-refractivity contribution is -0.131. The topological polar surface area (TPSA) is 61.8 Å². The molecule has 0 aliphatic carbocycles. The number of hydrogen-bond donors (Lipinski definition) is 1. The van der Waals surface area contributed by atoms with E-state index in [1.807, 2.05) is 16.7 Å². The Morgan fingerprint density at radius 3 is 2.91 bits per heavy atom. The fourth-order valence-electron chi connectivity index (χ4n) is 2.86. The number of nitrogens with zero attached hydrogens (tertiary/aromatic N) is 2. The Balaban J connectivity index is 1.65. The molecule has 116 valence electrons. The Hall–Kier alpha value is -1.82. The van der Waals surface area contributed by atoms with Gasteiger partial charge in [-0.3, -0.25) is 4.79 Å². The summed E-state index contributed by atoms with van der Waals surface area (Å²) in [4.78, 5) is 29.0. The van der Waals surface area contributed by atoms with Crippen molar-refractivity contribution in [3.63, 3.8) is 0 Å². The van der Waals surface area contributed by atoms with Gasteiger partial charge in [-0.05, 0) is 24.5 Å². The van der Waals surface area contributed by atoms with E-state index in [9.17, 15) is 9.59 Å². The van der Waals surface area contributed by atoms with E-state index >= 15 is 0 Å². The summed E-state index contributed by atoms with van der Waals surface area (Å²) in [6.45, 7) is 3.56. The Morgan fingerprint density at radius 2 is 2.18 bits per heavy atom. The summed E-state index contributed by atoms with van der Waals surface area (Å²) >= 11 is 1.90. The highest BCUT2D eigenvalue weighted by Gasteiger charge is 2.30. The lowest BCUT2D eigenvalue weighted by atomic mass is 10.0. The number of carbonyl (C=O) groups is 2. The fourth-order valence-corrected chi connectivity index (χ4v) is 4.19. The van der Waals surface area contributed by atoms with Crippen LogP contribution in [0.15, 0.2) is 29.3 Å². The van der Waals surface area contributed by atoms with E-state index in [4.69, 9.17) is 0 Å². The van der Waals surface area contributed by atoms with E-state index < -0.39 is 12.1 Å². The van der Waals surface area contributed by atoms with Gasteiger partial charge in [0.05, 0.1) is 0 Å². The molecule has 1 aromatic rings. The molecule has 6 heteroatoms. The number of aliphatic imine (C=N–C) groups is 1. The molecule has 2 aliphatic heterocycles. The van der Waals surface area contributed by atoms with Crippen LogP contribution in [0.4, 0.5) is 4.79 Å². The van der Waals surface area contributed by atoms with Gasteiger partial charge in [0.25, 0.3) is 5.91 Å². The highest BCUT2D eigenvalue weighted by Crippen LogP contribution is 2.35. The minimum absolute atomic E-state index is 0.0550. The number of aryl methyl sites for hydroxylation is 1. The van der Waals surface area contributed by atoms with Crippen molar-refractivity contribution in [1.29, 1.82) is 0 Å². The van der Waals surface area contributed by atoms with Gasteiger partial charge in [0.2, 0.25) is 0 Å². The number of rotatable bonds is 2. The van der Waals surface area contributed by atoms with E-state index in [2.05, 4.69) is 41.5 Å². The Labute approximate surface area is 134 Å². The summed E-state index contributed by atoms with van der Waals surface area (Å²) in [5, 5.41) is 2.99. The van der Waals surface area contributed by atoms with E-state index in [0.717, 1.165) is 12.2 Å². The maximum Gasteiger partial charge on any atom is 0.341 e. The first kappa shape index (κ1) is 15.1. The largest absolute Gasteiger partial charge is 0.341 e. The number of thioether (sulfide) groups is 1. The van der Waals surface area contributed by atoms with Crippen LogP contribution >= 0.6 is 11.8 Å². The molecule has 0 aromatic heterocycles. The Bertz CT molecular complexity index is 617. The molecular weight excluding hydrogens is 298 g/mol. The summed E-state index contributed by atoms with van der Waals surface area (Å²) in [7, 11) is 0. The zero-order valence-electron chi connectivity index (χ0n) is 12.5. The van der Waals surface area contributed by atoms with Crippen LogP contribution < -0.4 is 5.32 Å². The van der Waals surface area contributed by atoms with Gasteiger partial charge in [-0.25, -0.2) is 9.79 Å². The molecule has 2 aliphatic rings. The number of nitrogens with one attached hydrogen (secondary N) is 1. The molecule has 3 amide bonds. The molecule has 22 heavy (non-hydrogen) atoms. The summed E-state index contributed by atoms with van der Waals surface area (Å²) in [5.41, 5.74) is 2.66. The molecular formula is C16H19N3O2S. The third-order valence-corrected chi connectivity index (χ3v) is 5.38. The highest BCUT2D eigenvalue weighted by atomic mass is 32.2. The number of hydrogen-bond acceptors (Lipinski definition) is 3. The monoisotopic (exact) mass is 317 g/mol. The van der Waals surface area contributed by atoms with Gasteiger partial charge < -0.3 is 10.2 Å². The second-order valence-electron chi connectivity index (χ2n) is 5.54. The lowest BCUT2D eigenvalue weighted by Gasteiger charge is -2.22. The SMILES string of the molecule is Cc1ccccc1C1CCN(C(=O)C2C=NC(=O)N2)CCS1. The van der Waals surface area contributed by atoms with Crippen LogP contribution in [-0.2, 0) is 4.79 Å². The van der Waals surface area contributed by atoms with Crippen molar-refractivity contribution in [1.82, 2.24) is 10.2 Å². The van der Waals surface area contributed by atoms with Crippen molar-refractivity contribution in [2.24, 2.45) is 4.99 Å². The van der Waals surface area contributed by atoms with Crippen LogP contribution in [0, 0.1) is 6.92 Å². The maximum atomic E-state index is 12.4. The standard InChI is InChI=1S/C16H19N3O2S/c1-11-4-2-3-5-12(11)14-6-7-19(8-9-22-14)15(20)13-10-17-16(21)18-13/h2-5,10,13-14H,6-9H2,1H3,(H,18,21). The van der Waals surface area contributed by atoms with Crippen LogP contribution in [0.5, 0.6) is 0 Å². The molecule has 5 nitrogen and oxygen atoms in total. The van der Waals surface area contributed by atoms with E-state index in [0.29, 0.717) is 18.3 Å². The summed E-state index contributed by atoms with van der Waals surface area (Å²) in [5.74, 6) is 0.850. The van der Waals surface area contributed by atoms with E-state index in [-0.39, 0.29) is 5.91 Å². The third kappa shape index (κ3) is 3.16. The second-order valence-corrected chi connectivity index (χ2v) is 6.85. The van der Waals surface area contributed by atoms with Crippen molar-refractivity contribution in [2.45, 2.75) is 24.6 Å². The van der Waals surface area contributed by atoms with E-state index in [1.165, 1.54) is 17.3 Å². The average Bonchev–Trinajstić information content (AvgIpc) is 2.81. The van der Waals surface area contributed by atoms with Crippen molar-refractivity contribution < 1.29 is 9.59 Å². The van der Waals surface area contributed by atoms with Crippen molar-refractivity contribution in [3.05, 3.63) is 35.4 Å². The third-order valence-electron chi connectivity index (χ3n) is 4.07. The molecule has 0 saturated carbocycles. The molecule has 2 atom stereocenters. The maximum absolute atomic E-state index is 12.4. The zero-order valence-corrected chi connectivity index (χ0v) is 13.3. The van der Waals surface area contributed by atoms with Crippen LogP contribution in [0.25, 0.3) is 0 Å². The summed E-state index contributed by atoms with van der Waals surface area (Å²) in [6, 6.07) is 7.41. The molecule has 2 heterocycles. The first-order chi connectivity index (χ1) is 10.6. The number of carbonyl (C=O) groups excluding carboxylic acids is 2. The Kier molecular flexibility index (Phi) is 4.47. The van der Waals surface area contributed by atoms with Crippen LogP contribution in [-0.4, -0.2) is 47.9 Å². The number of benzene rings is 1. The van der Waals surface area contributed by atoms with Crippen molar-refractivity contribution in [2.75, 3.05) is 18.8 Å². The first-order valence-electron chi connectivity index (χ1n) is 7.46. The minimum atomic E-state index is -0.590. The lowest BCUT2D eigenvalue weighted by Crippen LogP contribution is -2.46. The van der Waals surface area contributed by atoms with Gasteiger partial charge in [0.1, 0.15) is 6.04 Å². The first-order valence-corrected chi connectivity index (χ1v) is 8.50. The molecule has 0 spiro atoms. The van der Waals surface area contributed by atoms with Gasteiger partial charge in [-0.15, -0.1) is 0 Å². The van der Waals surface area contributed by atoms with E-state index in [1.54, 1.807) is 0 Å². The molecule has 1 aromatic carbocycles. The molecule has 3 rings (SSSR count). The predicted molar refractivity (Wildman–Crippen MR) is 88.4 cm³/mol. The second kappa shape index (κ2) is 6.52. The molecule has 1 N–H and O–H groups in total. The predicted octanol–water partition coefficient (Wildman–Crippen LogP) is 2.16. The zero-order chi connectivity index (χ0) is 15.5. The molecule has 0 radical (unpaired) electrons. The van der Waals surface area contributed by atoms with Crippen LogP contribution in [0.1, 0.15) is 22.8 Å². The van der Waals surface area contributed by atoms with Gasteiger partial charge in [-0.1, -0.05) is 24.3 Å². The van der Waals surface area contributed by atoms with Crippen molar-refractivity contribution in [3.8, 4) is 0 Å². The van der Waals surface area contributed by atoms with Crippen LogP contribution in [0.3, 0.4) is 0 Å². The average molecular weight is 317 g/mol. The number of amides is 3. The molecule has 2 unspecified atom stereocenters. The van der Waals surface area contributed by atoms with Gasteiger partial charge in [0, 0.05) is 30.3 Å². The highest BCUT2D eigenvalue weighted by molar-refractivity contribution is 7.99. The fraction of sp³-hybridized carbons (Fsp3) is 0.438. The number of urea groups is 1. The Morgan fingerprint density at radius 1 is 1.36 bits per heavy atom. The van der Waals surface area contributed by atoms with Gasteiger partial charge in [0.15, 0.2) is 0 Å². The minimum Gasteiger partial charge on any atom is -0.340 e. The summed E-state index contributed by atoms with van der Waals surface area (Å²) < 4.78 is 0. The van der Waals surface area contributed by atoms with Gasteiger partial charge in [-0.2, -0.15) is 11.8 Å². The molecule has 1 saturated heterocycles. The normalized spacial score (nSPS) is 25.0. The molecule has 0 bridgehead atoms. The van der Waals surface area contributed by atoms with Crippen molar-refractivity contribution >= 4 is 29.9 Å². The van der Waals surface area contributed by atoms with Crippen LogP contribution in [0.2, 0.25) is 0 Å². The molecule has 1 fully saturated rings. The quantitative estimate of drug-likeness (QED) is 0.909. The smallest absolute Gasteiger partial charge is 0.340 e.